The van der Waals surface area contributed by atoms with Gasteiger partial charge in [-0.2, -0.15) is 0 Å². The summed E-state index contributed by atoms with van der Waals surface area (Å²) < 4.78 is 0. The Morgan fingerprint density at radius 1 is 1.45 bits per heavy atom. The number of nitrogens with zero attached hydrogens (tertiary/aromatic N) is 2. The van der Waals surface area contributed by atoms with E-state index in [-0.39, 0.29) is 0 Å². The van der Waals surface area contributed by atoms with Gasteiger partial charge in [0, 0.05) is 32.4 Å². The minimum atomic E-state index is 0.995. The topological polar surface area (TPSA) is 6.48 Å². The average Bonchev–Trinajstić information content (AvgIpc) is 2.50. The van der Waals surface area contributed by atoms with E-state index in [9.17, 15) is 0 Å². The molecule has 108 valence electrons. The Hall–Kier alpha value is -1.54. The van der Waals surface area contributed by atoms with E-state index in [0.717, 1.165) is 26.1 Å². The Labute approximate surface area is 123 Å². The minimum absolute atomic E-state index is 0.995. The van der Waals surface area contributed by atoms with Gasteiger partial charge >= 0.3 is 0 Å². The Morgan fingerprint density at radius 2 is 2.25 bits per heavy atom. The molecule has 1 aromatic carbocycles. The van der Waals surface area contributed by atoms with Crippen molar-refractivity contribution in [3.05, 3.63) is 59.4 Å². The summed E-state index contributed by atoms with van der Waals surface area (Å²) in [5.74, 6) is 0. The second kappa shape index (κ2) is 6.76. The third-order valence-corrected chi connectivity index (χ3v) is 4.27. The van der Waals surface area contributed by atoms with E-state index < -0.39 is 0 Å². The van der Waals surface area contributed by atoms with E-state index in [1.54, 1.807) is 5.56 Å². The number of fused-ring (bicyclic) bond motifs is 1. The summed E-state index contributed by atoms with van der Waals surface area (Å²) in [7, 11) is 2.06. The van der Waals surface area contributed by atoms with E-state index in [4.69, 9.17) is 0 Å². The van der Waals surface area contributed by atoms with Crippen molar-refractivity contribution in [2.24, 2.45) is 0 Å². The molecule has 0 aromatic heterocycles. The number of hydrogen-bond acceptors (Lipinski definition) is 2. The summed E-state index contributed by atoms with van der Waals surface area (Å²) in [5, 5.41) is 0. The van der Waals surface area contributed by atoms with Gasteiger partial charge in [-0.3, -0.25) is 4.90 Å². The lowest BCUT2D eigenvalue weighted by Crippen LogP contribution is -2.34. The van der Waals surface area contributed by atoms with Crippen molar-refractivity contribution in [3.8, 4) is 0 Å². The number of allylic oxidation sites excluding steroid dienone is 1. The molecule has 0 bridgehead atoms. The molecular formula is C18H26N2. The largest absolute Gasteiger partial charge is 0.354 e. The molecule has 1 aliphatic heterocycles. The number of rotatable bonds is 5. The summed E-state index contributed by atoms with van der Waals surface area (Å²) in [6.45, 7) is 11.4. The van der Waals surface area contributed by atoms with Crippen LogP contribution in [0.5, 0.6) is 0 Å². The van der Waals surface area contributed by atoms with E-state index in [0.29, 0.717) is 0 Å². The van der Waals surface area contributed by atoms with Gasteiger partial charge in [0.15, 0.2) is 0 Å². The van der Waals surface area contributed by atoms with E-state index >= 15 is 0 Å². The van der Waals surface area contributed by atoms with Gasteiger partial charge in [0.2, 0.25) is 0 Å². The number of hydrogen-bond donors (Lipinski definition) is 0. The molecule has 1 heterocycles. The third kappa shape index (κ3) is 3.13. The van der Waals surface area contributed by atoms with Crippen molar-refractivity contribution in [2.45, 2.75) is 33.2 Å². The van der Waals surface area contributed by atoms with Crippen molar-refractivity contribution in [2.75, 3.05) is 20.1 Å². The fourth-order valence-corrected chi connectivity index (χ4v) is 2.97. The Balaban J connectivity index is 2.10. The summed E-state index contributed by atoms with van der Waals surface area (Å²) in [4.78, 5) is 4.63. The molecule has 2 rings (SSSR count). The molecular weight excluding hydrogens is 244 g/mol. The zero-order chi connectivity index (χ0) is 14.5. The highest BCUT2D eigenvalue weighted by molar-refractivity contribution is 5.37. The summed E-state index contributed by atoms with van der Waals surface area (Å²) in [6.07, 6.45) is 6.37. The van der Waals surface area contributed by atoms with E-state index in [1.165, 1.54) is 23.2 Å². The molecule has 0 amide bonds. The zero-order valence-corrected chi connectivity index (χ0v) is 13.0. The van der Waals surface area contributed by atoms with E-state index in [2.05, 4.69) is 61.5 Å². The summed E-state index contributed by atoms with van der Waals surface area (Å²) in [6, 6.07) is 6.76. The lowest BCUT2D eigenvalue weighted by atomic mass is 9.93. The first kappa shape index (κ1) is 14.9. The summed E-state index contributed by atoms with van der Waals surface area (Å²) in [5.41, 5.74) is 5.93. The molecule has 0 unspecified atom stereocenters. The highest BCUT2D eigenvalue weighted by Crippen LogP contribution is 2.23. The van der Waals surface area contributed by atoms with Gasteiger partial charge in [0.05, 0.1) is 0 Å². The van der Waals surface area contributed by atoms with Crippen molar-refractivity contribution in [1.82, 2.24) is 9.80 Å². The van der Waals surface area contributed by atoms with Crippen LogP contribution in [0.25, 0.3) is 0 Å². The van der Waals surface area contributed by atoms with Gasteiger partial charge in [-0.15, -0.1) is 0 Å². The highest BCUT2D eigenvalue weighted by atomic mass is 15.2. The van der Waals surface area contributed by atoms with Crippen LogP contribution in [0.4, 0.5) is 0 Å². The normalized spacial score (nSPS) is 15.8. The van der Waals surface area contributed by atoms with Crippen LogP contribution in [-0.4, -0.2) is 29.9 Å². The Kier molecular flexibility index (Phi) is 5.02. The molecule has 20 heavy (non-hydrogen) atoms. The predicted molar refractivity (Wildman–Crippen MR) is 86.5 cm³/mol. The van der Waals surface area contributed by atoms with Crippen molar-refractivity contribution in [1.29, 1.82) is 0 Å². The van der Waals surface area contributed by atoms with Crippen molar-refractivity contribution < 1.29 is 0 Å². The van der Waals surface area contributed by atoms with Gasteiger partial charge in [-0.1, -0.05) is 37.8 Å². The summed E-state index contributed by atoms with van der Waals surface area (Å²) >= 11 is 0. The fourth-order valence-electron chi connectivity index (χ4n) is 2.97. The Bertz CT molecular complexity index is 502. The van der Waals surface area contributed by atoms with Gasteiger partial charge in [0.1, 0.15) is 0 Å². The molecule has 0 saturated carbocycles. The first-order valence-electron chi connectivity index (χ1n) is 7.52. The molecule has 0 radical (unpaired) electrons. The average molecular weight is 270 g/mol. The fraction of sp³-hybridized carbons (Fsp3) is 0.444. The molecule has 0 atom stereocenters. The van der Waals surface area contributed by atoms with Gasteiger partial charge in [0.25, 0.3) is 0 Å². The van der Waals surface area contributed by atoms with Crippen LogP contribution in [0.2, 0.25) is 0 Å². The monoisotopic (exact) mass is 270 g/mol. The van der Waals surface area contributed by atoms with E-state index in [1.807, 2.05) is 6.20 Å². The molecule has 0 saturated heterocycles. The van der Waals surface area contributed by atoms with Crippen molar-refractivity contribution in [3.63, 3.8) is 0 Å². The maximum Gasteiger partial charge on any atom is 0.0387 e. The van der Waals surface area contributed by atoms with Gasteiger partial charge < -0.3 is 4.90 Å². The molecule has 0 fully saturated rings. The van der Waals surface area contributed by atoms with Crippen LogP contribution >= 0.6 is 0 Å². The highest BCUT2D eigenvalue weighted by Gasteiger charge is 2.19. The van der Waals surface area contributed by atoms with Crippen LogP contribution in [0, 0.1) is 0 Å². The van der Waals surface area contributed by atoms with Crippen LogP contribution in [0.3, 0.4) is 0 Å². The maximum absolute atomic E-state index is 3.85. The molecule has 1 aliphatic rings. The first-order chi connectivity index (χ1) is 9.69. The van der Waals surface area contributed by atoms with Crippen molar-refractivity contribution >= 4 is 0 Å². The zero-order valence-electron chi connectivity index (χ0n) is 13.0. The second-order valence-electron chi connectivity index (χ2n) is 5.44. The molecule has 1 aromatic rings. The van der Waals surface area contributed by atoms with Gasteiger partial charge in [-0.05, 0) is 42.7 Å². The number of aryl methyl sites for hydroxylation is 1. The second-order valence-corrected chi connectivity index (χ2v) is 5.44. The molecule has 2 nitrogen and oxygen atoms in total. The predicted octanol–water partition coefficient (Wildman–Crippen LogP) is 3.59. The Morgan fingerprint density at radius 3 is 2.90 bits per heavy atom. The molecule has 0 aliphatic carbocycles. The van der Waals surface area contributed by atoms with Crippen LogP contribution in [0.15, 0.2) is 42.8 Å². The lowest BCUT2D eigenvalue weighted by Gasteiger charge is -2.32. The molecule has 2 heteroatoms. The number of benzene rings is 1. The maximum atomic E-state index is 3.85. The SMILES string of the molecule is C=CN(C)/C(=C\C)CN1CCc2c(CC)cccc2C1. The smallest absolute Gasteiger partial charge is 0.0387 e. The quantitative estimate of drug-likeness (QED) is 0.807. The minimum Gasteiger partial charge on any atom is -0.354 e. The van der Waals surface area contributed by atoms with Crippen LogP contribution in [-0.2, 0) is 19.4 Å². The first-order valence-corrected chi connectivity index (χ1v) is 7.52. The molecule has 0 spiro atoms. The van der Waals surface area contributed by atoms with Crippen LogP contribution < -0.4 is 0 Å². The lowest BCUT2D eigenvalue weighted by molar-refractivity contribution is 0.258. The van der Waals surface area contributed by atoms with Crippen LogP contribution in [0.1, 0.15) is 30.5 Å². The molecule has 0 N–H and O–H groups in total. The number of likely N-dealkylation sites (N-methyl/N-ethyl adjacent to an activating group) is 1. The standard InChI is InChI=1S/C18H26N2/c1-5-15-9-8-10-16-13-20(12-11-18(15)16)14-17(6-2)19(4)7-3/h6-10H,3,5,11-14H2,1-2,4H3/b17-6-. The van der Waals surface area contributed by atoms with Gasteiger partial charge in [-0.25, -0.2) is 0 Å². The third-order valence-electron chi connectivity index (χ3n) is 4.27.